The number of aromatic nitrogens is 1. The molecule has 0 aliphatic heterocycles. The van der Waals surface area contributed by atoms with Crippen LogP contribution in [0.1, 0.15) is 6.92 Å². The Morgan fingerprint density at radius 1 is 1.75 bits per heavy atom. The smallest absolute Gasteiger partial charge is 0.137 e. The van der Waals surface area contributed by atoms with Gasteiger partial charge in [0, 0.05) is 12.4 Å². The molecule has 12 heavy (non-hydrogen) atoms. The third-order valence-electron chi connectivity index (χ3n) is 1.38. The van der Waals surface area contributed by atoms with Crippen LogP contribution < -0.4 is 4.74 Å². The van der Waals surface area contributed by atoms with Gasteiger partial charge in [-0.15, -0.1) is 0 Å². The summed E-state index contributed by atoms with van der Waals surface area (Å²) in [6, 6.07) is 1.81. The van der Waals surface area contributed by atoms with E-state index < -0.39 is 0 Å². The molecule has 0 aromatic carbocycles. The van der Waals surface area contributed by atoms with Gasteiger partial charge in [0.25, 0.3) is 0 Å². The second kappa shape index (κ2) is 4.26. The minimum atomic E-state index is 0.0173. The highest BCUT2D eigenvalue weighted by Crippen LogP contribution is 2.23. The van der Waals surface area contributed by atoms with Crippen LogP contribution in [0.5, 0.6) is 5.75 Å². The Morgan fingerprint density at radius 3 is 3.08 bits per heavy atom. The Hall–Kier alpha value is -0.830. The summed E-state index contributed by atoms with van der Waals surface area (Å²) in [5, 5.41) is 0. The summed E-state index contributed by atoms with van der Waals surface area (Å²) in [7, 11) is 0. The van der Waals surface area contributed by atoms with Crippen molar-refractivity contribution in [3.8, 4) is 5.75 Å². The van der Waals surface area contributed by atoms with Crippen LogP contribution in [0.4, 0.5) is 0 Å². The van der Waals surface area contributed by atoms with Crippen LogP contribution >= 0.6 is 15.9 Å². The first-order valence-corrected chi connectivity index (χ1v) is 4.42. The van der Waals surface area contributed by atoms with Crippen LogP contribution in [-0.4, -0.2) is 11.1 Å². The van der Waals surface area contributed by atoms with Crippen molar-refractivity contribution < 1.29 is 4.74 Å². The molecule has 3 heteroatoms. The molecule has 1 rings (SSSR count). The number of ether oxygens (including phenoxy) is 1. The molecule has 1 heterocycles. The zero-order valence-corrected chi connectivity index (χ0v) is 8.41. The fourth-order valence-electron chi connectivity index (χ4n) is 0.706. The van der Waals surface area contributed by atoms with Crippen molar-refractivity contribution >= 4 is 15.9 Å². The number of pyridine rings is 1. The lowest BCUT2D eigenvalue weighted by molar-refractivity contribution is 0.268. The van der Waals surface area contributed by atoms with E-state index in [0.29, 0.717) is 0 Å². The molecule has 64 valence electrons. The second-order valence-electron chi connectivity index (χ2n) is 2.36. The number of hydrogen-bond acceptors (Lipinski definition) is 2. The van der Waals surface area contributed by atoms with E-state index in [1.165, 1.54) is 0 Å². The molecule has 0 aliphatic rings. The van der Waals surface area contributed by atoms with Gasteiger partial charge >= 0.3 is 0 Å². The lowest BCUT2D eigenvalue weighted by atomic mass is 10.4. The van der Waals surface area contributed by atoms with Crippen LogP contribution in [0.3, 0.4) is 0 Å². The molecule has 0 saturated heterocycles. The molecule has 0 unspecified atom stereocenters. The fourth-order valence-corrected chi connectivity index (χ4v) is 1.05. The van der Waals surface area contributed by atoms with E-state index in [1.54, 1.807) is 18.5 Å². The molecule has 2 nitrogen and oxygen atoms in total. The first-order chi connectivity index (χ1) is 5.74. The van der Waals surface area contributed by atoms with E-state index in [-0.39, 0.29) is 6.10 Å². The third kappa shape index (κ3) is 2.34. The van der Waals surface area contributed by atoms with Crippen LogP contribution in [0.25, 0.3) is 0 Å². The molecule has 0 amide bonds. The van der Waals surface area contributed by atoms with Crippen LogP contribution in [0.15, 0.2) is 35.6 Å². The minimum absolute atomic E-state index is 0.0173. The van der Waals surface area contributed by atoms with Crippen molar-refractivity contribution in [2.45, 2.75) is 13.0 Å². The van der Waals surface area contributed by atoms with E-state index >= 15 is 0 Å². The van der Waals surface area contributed by atoms with Gasteiger partial charge in [-0.05, 0) is 28.9 Å². The molecule has 0 saturated carbocycles. The van der Waals surface area contributed by atoms with Gasteiger partial charge < -0.3 is 4.74 Å². The summed E-state index contributed by atoms with van der Waals surface area (Å²) in [6.07, 6.45) is 5.15. The zero-order valence-electron chi connectivity index (χ0n) is 6.83. The normalized spacial score (nSPS) is 12.2. The van der Waals surface area contributed by atoms with Crippen LogP contribution in [-0.2, 0) is 0 Å². The van der Waals surface area contributed by atoms with Crippen molar-refractivity contribution in [1.29, 1.82) is 0 Å². The maximum Gasteiger partial charge on any atom is 0.137 e. The Labute approximate surface area is 80.4 Å². The number of rotatable bonds is 3. The molecule has 0 fully saturated rings. The molecule has 0 aliphatic carbocycles. The molecule has 1 aromatic rings. The highest BCUT2D eigenvalue weighted by molar-refractivity contribution is 9.10. The van der Waals surface area contributed by atoms with Gasteiger partial charge in [0.15, 0.2) is 0 Å². The Morgan fingerprint density at radius 2 is 2.50 bits per heavy atom. The summed E-state index contributed by atoms with van der Waals surface area (Å²) < 4.78 is 6.35. The fraction of sp³-hybridized carbons (Fsp3) is 0.222. The molecular weight excluding hydrogens is 218 g/mol. The Bertz CT molecular complexity index is 275. The highest BCUT2D eigenvalue weighted by atomic mass is 79.9. The standard InChI is InChI=1S/C9H10BrNO/c1-3-7(2)12-9-4-5-11-6-8(9)10/h3-7H,1H2,2H3/t7-/m0/s1. The first kappa shape index (κ1) is 9.26. The van der Waals surface area contributed by atoms with Crippen molar-refractivity contribution in [2.24, 2.45) is 0 Å². The number of nitrogens with zero attached hydrogens (tertiary/aromatic N) is 1. The summed E-state index contributed by atoms with van der Waals surface area (Å²) in [6.45, 7) is 5.56. The van der Waals surface area contributed by atoms with Gasteiger partial charge in [0.05, 0.1) is 4.47 Å². The Kier molecular flexibility index (Phi) is 3.29. The zero-order chi connectivity index (χ0) is 8.97. The molecule has 0 bridgehead atoms. The van der Waals surface area contributed by atoms with Gasteiger partial charge in [0.1, 0.15) is 11.9 Å². The topological polar surface area (TPSA) is 22.1 Å². The SMILES string of the molecule is C=C[C@H](C)Oc1ccncc1Br. The highest BCUT2D eigenvalue weighted by Gasteiger charge is 2.02. The lowest BCUT2D eigenvalue weighted by Gasteiger charge is -2.10. The van der Waals surface area contributed by atoms with Crippen molar-refractivity contribution in [3.63, 3.8) is 0 Å². The first-order valence-electron chi connectivity index (χ1n) is 3.62. The summed E-state index contributed by atoms with van der Waals surface area (Å²) in [5.41, 5.74) is 0. The van der Waals surface area contributed by atoms with Crippen molar-refractivity contribution in [2.75, 3.05) is 0 Å². The minimum Gasteiger partial charge on any atom is -0.485 e. The van der Waals surface area contributed by atoms with Gasteiger partial charge in [0.2, 0.25) is 0 Å². The average molecular weight is 228 g/mol. The predicted molar refractivity (Wildman–Crippen MR) is 52.2 cm³/mol. The van der Waals surface area contributed by atoms with E-state index in [1.807, 2.05) is 13.0 Å². The molecular formula is C9H10BrNO. The number of hydrogen-bond donors (Lipinski definition) is 0. The van der Waals surface area contributed by atoms with Crippen molar-refractivity contribution in [1.82, 2.24) is 4.98 Å². The van der Waals surface area contributed by atoms with E-state index in [0.717, 1.165) is 10.2 Å². The maximum absolute atomic E-state index is 5.49. The molecule has 1 aromatic heterocycles. The van der Waals surface area contributed by atoms with E-state index in [4.69, 9.17) is 4.74 Å². The summed E-state index contributed by atoms with van der Waals surface area (Å²) >= 11 is 3.33. The van der Waals surface area contributed by atoms with Gasteiger partial charge in [-0.25, -0.2) is 0 Å². The molecule has 0 radical (unpaired) electrons. The molecule has 0 N–H and O–H groups in total. The monoisotopic (exact) mass is 227 g/mol. The van der Waals surface area contributed by atoms with E-state index in [9.17, 15) is 0 Å². The maximum atomic E-state index is 5.49. The second-order valence-corrected chi connectivity index (χ2v) is 3.22. The Balaban J connectivity index is 2.75. The molecule has 1 atom stereocenters. The van der Waals surface area contributed by atoms with E-state index in [2.05, 4.69) is 27.5 Å². The largest absolute Gasteiger partial charge is 0.485 e. The third-order valence-corrected chi connectivity index (χ3v) is 1.98. The van der Waals surface area contributed by atoms with Crippen LogP contribution in [0.2, 0.25) is 0 Å². The van der Waals surface area contributed by atoms with Crippen LogP contribution in [0, 0.1) is 0 Å². The average Bonchev–Trinajstić information content (AvgIpc) is 2.09. The summed E-state index contributed by atoms with van der Waals surface area (Å²) in [5.74, 6) is 0.789. The van der Waals surface area contributed by atoms with Gasteiger partial charge in [-0.2, -0.15) is 0 Å². The summed E-state index contributed by atoms with van der Waals surface area (Å²) in [4.78, 5) is 3.93. The molecule has 0 spiro atoms. The number of halogens is 1. The quantitative estimate of drug-likeness (QED) is 0.742. The van der Waals surface area contributed by atoms with Crippen molar-refractivity contribution in [3.05, 3.63) is 35.6 Å². The van der Waals surface area contributed by atoms with Gasteiger partial charge in [-0.3, -0.25) is 4.98 Å². The lowest BCUT2D eigenvalue weighted by Crippen LogP contribution is -2.07. The van der Waals surface area contributed by atoms with Gasteiger partial charge in [-0.1, -0.05) is 12.7 Å². The predicted octanol–water partition coefficient (Wildman–Crippen LogP) is 2.80.